The van der Waals surface area contributed by atoms with Crippen LogP contribution in [0.4, 0.5) is 5.69 Å². The second-order valence-corrected chi connectivity index (χ2v) is 5.11. The van der Waals surface area contributed by atoms with Crippen LogP contribution in [0.15, 0.2) is 47.6 Å². The van der Waals surface area contributed by atoms with Crippen molar-refractivity contribution < 1.29 is 9.84 Å². The first-order chi connectivity index (χ1) is 10.6. The fourth-order valence-electron chi connectivity index (χ4n) is 1.67. The van der Waals surface area contributed by atoms with E-state index in [1.165, 1.54) is 13.2 Å². The molecule has 2 aromatic rings. The SMILES string of the molecule is COc1cc(/C=N/NC(=S)Nc2cccc(Cl)c2)ccc1O. The van der Waals surface area contributed by atoms with Crippen LogP contribution in [0.5, 0.6) is 11.5 Å². The van der Waals surface area contributed by atoms with Crippen LogP contribution < -0.4 is 15.5 Å². The number of anilines is 1. The maximum Gasteiger partial charge on any atom is 0.191 e. The molecule has 0 saturated carbocycles. The molecule has 0 radical (unpaired) electrons. The molecule has 7 heteroatoms. The highest BCUT2D eigenvalue weighted by molar-refractivity contribution is 7.80. The van der Waals surface area contributed by atoms with Crippen molar-refractivity contribution in [1.29, 1.82) is 0 Å². The number of benzene rings is 2. The minimum Gasteiger partial charge on any atom is -0.504 e. The molecule has 0 amide bonds. The van der Waals surface area contributed by atoms with E-state index in [0.717, 1.165) is 11.3 Å². The standard InChI is InChI=1S/C15H14ClN3O2S/c1-21-14-7-10(5-6-13(14)20)9-17-19-15(22)18-12-4-2-3-11(16)8-12/h2-9,20H,1H3,(H2,18,19,22)/b17-9+. The molecule has 2 aromatic carbocycles. The summed E-state index contributed by atoms with van der Waals surface area (Å²) in [5.74, 6) is 0.453. The Balaban J connectivity index is 1.93. The Morgan fingerprint density at radius 1 is 1.32 bits per heavy atom. The highest BCUT2D eigenvalue weighted by Crippen LogP contribution is 2.25. The number of aromatic hydroxyl groups is 1. The summed E-state index contributed by atoms with van der Waals surface area (Å²) in [6.45, 7) is 0. The van der Waals surface area contributed by atoms with Gasteiger partial charge >= 0.3 is 0 Å². The van der Waals surface area contributed by atoms with E-state index in [9.17, 15) is 5.11 Å². The van der Waals surface area contributed by atoms with Gasteiger partial charge in [0.2, 0.25) is 0 Å². The minimum atomic E-state index is 0.0748. The molecule has 0 fully saturated rings. The van der Waals surface area contributed by atoms with Crippen molar-refractivity contribution in [3.05, 3.63) is 53.1 Å². The number of halogens is 1. The van der Waals surface area contributed by atoms with E-state index >= 15 is 0 Å². The van der Waals surface area contributed by atoms with Gasteiger partial charge in [-0.1, -0.05) is 17.7 Å². The number of rotatable bonds is 4. The van der Waals surface area contributed by atoms with Gasteiger partial charge in [0.25, 0.3) is 0 Å². The average Bonchev–Trinajstić information content (AvgIpc) is 2.49. The second-order valence-electron chi connectivity index (χ2n) is 4.27. The molecule has 0 aliphatic rings. The van der Waals surface area contributed by atoms with Gasteiger partial charge in [-0.3, -0.25) is 5.43 Å². The lowest BCUT2D eigenvalue weighted by Gasteiger charge is -2.07. The first kappa shape index (κ1) is 16.1. The number of nitrogens with zero attached hydrogens (tertiary/aromatic N) is 1. The smallest absolute Gasteiger partial charge is 0.191 e. The van der Waals surface area contributed by atoms with Gasteiger partial charge in [0.15, 0.2) is 16.6 Å². The number of ether oxygens (including phenoxy) is 1. The van der Waals surface area contributed by atoms with Crippen molar-refractivity contribution in [2.24, 2.45) is 5.10 Å². The van der Waals surface area contributed by atoms with Crippen LogP contribution in [0.25, 0.3) is 0 Å². The molecule has 0 unspecified atom stereocenters. The molecule has 0 bridgehead atoms. The number of hydrazone groups is 1. The van der Waals surface area contributed by atoms with E-state index in [-0.39, 0.29) is 5.75 Å². The number of thiocarbonyl (C=S) groups is 1. The summed E-state index contributed by atoms with van der Waals surface area (Å²) in [5, 5.41) is 17.4. The Morgan fingerprint density at radius 2 is 2.14 bits per heavy atom. The van der Waals surface area contributed by atoms with E-state index in [1.807, 2.05) is 12.1 Å². The van der Waals surface area contributed by atoms with Gasteiger partial charge in [0.05, 0.1) is 13.3 Å². The van der Waals surface area contributed by atoms with Crippen LogP contribution in [-0.2, 0) is 0 Å². The molecule has 0 aromatic heterocycles. The van der Waals surface area contributed by atoms with Crippen molar-refractivity contribution in [2.45, 2.75) is 0 Å². The Labute approximate surface area is 138 Å². The quantitative estimate of drug-likeness (QED) is 0.454. The van der Waals surface area contributed by atoms with Crippen molar-refractivity contribution in [3.63, 3.8) is 0 Å². The molecule has 0 saturated heterocycles. The van der Waals surface area contributed by atoms with Gasteiger partial charge in [0, 0.05) is 10.7 Å². The van der Waals surface area contributed by atoms with Crippen molar-refractivity contribution >= 4 is 40.8 Å². The molecular formula is C15H14ClN3O2S. The Morgan fingerprint density at radius 3 is 2.86 bits per heavy atom. The van der Waals surface area contributed by atoms with Crippen molar-refractivity contribution in [1.82, 2.24) is 5.43 Å². The van der Waals surface area contributed by atoms with Gasteiger partial charge in [-0.15, -0.1) is 0 Å². The fourth-order valence-corrected chi connectivity index (χ4v) is 2.03. The molecule has 0 aliphatic heterocycles. The number of phenols is 1. The van der Waals surface area contributed by atoms with Gasteiger partial charge in [0.1, 0.15) is 0 Å². The maximum absolute atomic E-state index is 9.51. The van der Waals surface area contributed by atoms with E-state index < -0.39 is 0 Å². The lowest BCUT2D eigenvalue weighted by atomic mass is 10.2. The number of hydrogen-bond donors (Lipinski definition) is 3. The molecule has 0 atom stereocenters. The first-order valence-electron chi connectivity index (χ1n) is 6.31. The molecule has 3 N–H and O–H groups in total. The minimum absolute atomic E-state index is 0.0748. The summed E-state index contributed by atoms with van der Waals surface area (Å²) in [6.07, 6.45) is 1.56. The third kappa shape index (κ3) is 4.61. The van der Waals surface area contributed by atoms with E-state index in [2.05, 4.69) is 15.8 Å². The zero-order chi connectivity index (χ0) is 15.9. The molecule has 114 valence electrons. The number of hydrogen-bond acceptors (Lipinski definition) is 4. The summed E-state index contributed by atoms with van der Waals surface area (Å²) in [7, 11) is 1.48. The average molecular weight is 336 g/mol. The van der Waals surface area contributed by atoms with E-state index in [1.54, 1.807) is 30.5 Å². The lowest BCUT2D eigenvalue weighted by Crippen LogP contribution is -2.23. The van der Waals surface area contributed by atoms with Crippen molar-refractivity contribution in [2.75, 3.05) is 12.4 Å². The summed E-state index contributed by atoms with van der Waals surface area (Å²) < 4.78 is 5.02. The van der Waals surface area contributed by atoms with Crippen molar-refractivity contribution in [3.8, 4) is 11.5 Å². The van der Waals surface area contributed by atoms with Crippen LogP contribution in [0.3, 0.4) is 0 Å². The largest absolute Gasteiger partial charge is 0.504 e. The summed E-state index contributed by atoms with van der Waals surface area (Å²) >= 11 is 11.0. The normalized spacial score (nSPS) is 10.5. The first-order valence-corrected chi connectivity index (χ1v) is 7.10. The Hall–Kier alpha value is -2.31. The third-order valence-electron chi connectivity index (χ3n) is 2.67. The van der Waals surface area contributed by atoms with Crippen LogP contribution in [0.2, 0.25) is 5.02 Å². The van der Waals surface area contributed by atoms with E-state index in [0.29, 0.717) is 15.9 Å². The number of phenolic OH excluding ortho intramolecular Hbond substituents is 1. The fraction of sp³-hybridized carbons (Fsp3) is 0.0667. The predicted molar refractivity (Wildman–Crippen MR) is 93.1 cm³/mol. The molecule has 2 rings (SSSR count). The zero-order valence-corrected chi connectivity index (χ0v) is 13.3. The monoisotopic (exact) mass is 335 g/mol. The molecule has 0 heterocycles. The number of methoxy groups -OCH3 is 1. The highest BCUT2D eigenvalue weighted by Gasteiger charge is 2.01. The second kappa shape index (κ2) is 7.63. The van der Waals surface area contributed by atoms with Crippen LogP contribution >= 0.6 is 23.8 Å². The van der Waals surface area contributed by atoms with E-state index in [4.69, 9.17) is 28.6 Å². The number of nitrogens with one attached hydrogen (secondary N) is 2. The van der Waals surface area contributed by atoms with Gasteiger partial charge in [-0.25, -0.2) is 0 Å². The van der Waals surface area contributed by atoms with Gasteiger partial charge in [-0.05, 0) is 54.2 Å². The summed E-state index contributed by atoms with van der Waals surface area (Å²) in [5.41, 5.74) is 4.22. The van der Waals surface area contributed by atoms with Crippen LogP contribution in [0, 0.1) is 0 Å². The molecule has 22 heavy (non-hydrogen) atoms. The summed E-state index contributed by atoms with van der Waals surface area (Å²) in [4.78, 5) is 0. The molecule has 0 spiro atoms. The van der Waals surface area contributed by atoms with Crippen LogP contribution in [0.1, 0.15) is 5.56 Å². The van der Waals surface area contributed by atoms with Crippen LogP contribution in [-0.4, -0.2) is 23.5 Å². The molecule has 5 nitrogen and oxygen atoms in total. The molecular weight excluding hydrogens is 322 g/mol. The zero-order valence-electron chi connectivity index (χ0n) is 11.7. The highest BCUT2D eigenvalue weighted by atomic mass is 35.5. The maximum atomic E-state index is 9.51. The predicted octanol–water partition coefficient (Wildman–Crippen LogP) is 3.37. The Kier molecular flexibility index (Phi) is 5.57. The lowest BCUT2D eigenvalue weighted by molar-refractivity contribution is 0.373. The van der Waals surface area contributed by atoms with Gasteiger partial charge in [-0.2, -0.15) is 5.10 Å². The Bertz CT molecular complexity index is 707. The molecule has 0 aliphatic carbocycles. The van der Waals surface area contributed by atoms with Gasteiger partial charge < -0.3 is 15.2 Å². The third-order valence-corrected chi connectivity index (χ3v) is 3.09. The summed E-state index contributed by atoms with van der Waals surface area (Å²) in [6, 6.07) is 12.1. The topological polar surface area (TPSA) is 65.9 Å².